The lowest BCUT2D eigenvalue weighted by molar-refractivity contribution is -0.142. The number of aliphatic hydroxyl groups is 1. The molecule has 0 saturated carbocycles. The molecule has 2 aromatic rings. The van der Waals surface area contributed by atoms with Crippen molar-refractivity contribution >= 4 is 70.1 Å². The van der Waals surface area contributed by atoms with E-state index in [0.29, 0.717) is 22.9 Å². The summed E-state index contributed by atoms with van der Waals surface area (Å²) >= 11 is 0. The first-order valence-corrected chi connectivity index (χ1v) is 20.3. The van der Waals surface area contributed by atoms with Crippen LogP contribution in [0.4, 0.5) is 0 Å². The number of hydrogen-bond donors (Lipinski definition) is 13. The highest BCUT2D eigenvalue weighted by molar-refractivity contribution is 5.98. The van der Waals surface area contributed by atoms with Crippen molar-refractivity contribution in [3.63, 3.8) is 0 Å². The number of para-hydroxylation sites is 1. The number of aromatic amines is 1. The lowest BCUT2D eigenvalue weighted by Gasteiger charge is -2.27. The Morgan fingerprint density at radius 1 is 0.651 bits per heavy atom. The van der Waals surface area contributed by atoms with Crippen LogP contribution in [0.1, 0.15) is 78.2 Å². The molecular weight excluding hydrogens is 828 g/mol. The monoisotopic (exact) mass is 888 g/mol. The van der Waals surface area contributed by atoms with E-state index in [1.165, 1.54) is 6.92 Å². The Morgan fingerprint density at radius 3 is 1.76 bits per heavy atom. The molecule has 0 fully saturated rings. The van der Waals surface area contributed by atoms with Gasteiger partial charge in [-0.3, -0.25) is 47.9 Å². The van der Waals surface area contributed by atoms with Crippen LogP contribution in [0.15, 0.2) is 30.5 Å². The van der Waals surface area contributed by atoms with Gasteiger partial charge in [-0.2, -0.15) is 0 Å². The van der Waals surface area contributed by atoms with Crippen molar-refractivity contribution in [1.29, 1.82) is 0 Å². The molecule has 0 radical (unpaired) electrons. The molecule has 0 saturated heterocycles. The van der Waals surface area contributed by atoms with Crippen LogP contribution >= 0.6 is 0 Å². The lowest BCUT2D eigenvalue weighted by Crippen LogP contribution is -2.60. The van der Waals surface area contributed by atoms with E-state index in [-0.39, 0.29) is 44.6 Å². The average molecular weight is 889 g/mol. The molecule has 0 spiro atoms. The topological polar surface area (TPSA) is 383 Å². The third kappa shape index (κ3) is 18.1. The van der Waals surface area contributed by atoms with Gasteiger partial charge in [-0.15, -0.1) is 0 Å². The zero-order valence-corrected chi connectivity index (χ0v) is 35.7. The first kappa shape index (κ1) is 52.5. The molecular formula is C40H60N10O13. The first-order chi connectivity index (χ1) is 29.7. The number of nitrogens with one attached hydrogen (secondary N) is 8. The number of aromatic nitrogens is 1. The third-order valence-electron chi connectivity index (χ3n) is 9.60. The minimum Gasteiger partial charge on any atom is -0.481 e. The van der Waals surface area contributed by atoms with Crippen molar-refractivity contribution in [2.75, 3.05) is 13.2 Å². The van der Waals surface area contributed by atoms with Crippen LogP contribution in [0.25, 0.3) is 10.9 Å². The molecule has 15 N–H and O–H groups in total. The zero-order chi connectivity index (χ0) is 47.4. The summed E-state index contributed by atoms with van der Waals surface area (Å²) in [6.07, 6.45) is 0.285. The van der Waals surface area contributed by atoms with E-state index in [1.54, 1.807) is 44.3 Å². The van der Waals surface area contributed by atoms with Crippen LogP contribution in [-0.2, 0) is 54.4 Å². The number of rotatable bonds is 28. The molecule has 0 aliphatic carbocycles. The predicted molar refractivity (Wildman–Crippen MR) is 225 cm³/mol. The van der Waals surface area contributed by atoms with E-state index in [2.05, 4.69) is 42.2 Å². The van der Waals surface area contributed by atoms with E-state index in [4.69, 9.17) is 16.6 Å². The Hall–Kier alpha value is -6.62. The molecule has 0 bridgehead atoms. The maximum Gasteiger partial charge on any atom is 0.305 e. The summed E-state index contributed by atoms with van der Waals surface area (Å²) in [5.41, 5.74) is 12.2. The number of aliphatic carboxylic acids is 2. The van der Waals surface area contributed by atoms with Gasteiger partial charge < -0.3 is 69.0 Å². The number of fused-ring (bicyclic) bond motifs is 1. The number of hydrogen-bond acceptors (Lipinski definition) is 12. The van der Waals surface area contributed by atoms with Crippen molar-refractivity contribution in [2.45, 2.75) is 121 Å². The van der Waals surface area contributed by atoms with E-state index in [0.717, 1.165) is 6.92 Å². The van der Waals surface area contributed by atoms with Gasteiger partial charge in [-0.1, -0.05) is 32.0 Å². The fraction of sp³-hybridized carbons (Fsp3) is 0.550. The van der Waals surface area contributed by atoms with Gasteiger partial charge in [0.1, 0.15) is 42.3 Å². The second-order valence-electron chi connectivity index (χ2n) is 15.4. The van der Waals surface area contributed by atoms with E-state index in [9.17, 15) is 58.2 Å². The maximum atomic E-state index is 14.1. The molecule has 0 aliphatic rings. The second kappa shape index (κ2) is 26.0. The smallest absolute Gasteiger partial charge is 0.305 e. The summed E-state index contributed by atoms with van der Waals surface area (Å²) in [6, 6.07) is -3.01. The molecule has 63 heavy (non-hydrogen) atoms. The highest BCUT2D eigenvalue weighted by atomic mass is 16.4. The maximum absolute atomic E-state index is 14.1. The summed E-state index contributed by atoms with van der Waals surface area (Å²) in [5.74, 6) is -10.3. The number of aliphatic hydroxyl groups excluding tert-OH is 1. The Labute approximate surface area is 363 Å². The van der Waals surface area contributed by atoms with E-state index < -0.39 is 121 Å². The van der Waals surface area contributed by atoms with Gasteiger partial charge in [0.2, 0.25) is 47.3 Å². The van der Waals surface area contributed by atoms with Crippen molar-refractivity contribution in [3.8, 4) is 0 Å². The number of H-pyrrole nitrogens is 1. The number of carboxylic acid groups (broad SMARTS) is 2. The van der Waals surface area contributed by atoms with Crippen molar-refractivity contribution < 1.29 is 63.3 Å². The van der Waals surface area contributed by atoms with Gasteiger partial charge in [-0.05, 0) is 63.1 Å². The van der Waals surface area contributed by atoms with Crippen LogP contribution in [-0.4, -0.2) is 135 Å². The zero-order valence-electron chi connectivity index (χ0n) is 35.7. The van der Waals surface area contributed by atoms with Gasteiger partial charge in [0.05, 0.1) is 13.0 Å². The number of unbranched alkanes of at least 4 members (excludes halogenated alkanes) is 1. The Kier molecular flexibility index (Phi) is 21.7. The van der Waals surface area contributed by atoms with Gasteiger partial charge in [0.25, 0.3) is 0 Å². The fourth-order valence-electron chi connectivity index (χ4n) is 6.33. The minimum absolute atomic E-state index is 0.0257. The van der Waals surface area contributed by atoms with Crippen LogP contribution in [0.3, 0.4) is 0 Å². The number of carboxylic acids is 2. The number of amides is 8. The molecule has 1 aromatic heterocycles. The summed E-state index contributed by atoms with van der Waals surface area (Å²) in [4.78, 5) is 131. The number of nitrogens with two attached hydrogens (primary N) is 2. The van der Waals surface area contributed by atoms with Crippen LogP contribution in [0.5, 0.6) is 0 Å². The molecule has 23 heteroatoms. The largest absolute Gasteiger partial charge is 0.481 e. The molecule has 7 atom stereocenters. The first-order valence-electron chi connectivity index (χ1n) is 20.3. The van der Waals surface area contributed by atoms with Gasteiger partial charge >= 0.3 is 11.9 Å². The van der Waals surface area contributed by atoms with Crippen molar-refractivity contribution in [1.82, 2.24) is 42.2 Å². The SMILES string of the molecule is CC(=O)N[C@@H](CCC(=O)O)C(=O)N[C@@H](CC(C)C)C(=O)N[C@@H](CC(=O)O)C(=O)N[C@@H](CCCCN)C(=O)N[C@@H](Cc1c[nH]c2ccccc12)C(=O)N[C@@H](C)C(=O)N[C@@H](CO)C(N)=O. The molecule has 0 aliphatic heterocycles. The highest BCUT2D eigenvalue weighted by Gasteiger charge is 2.34. The second-order valence-corrected chi connectivity index (χ2v) is 15.4. The standard InChI is InChI=1S/C40H60N10O13/c1-20(2)15-28(47-37(60)27(45-22(4)52)12-13-32(53)54)39(62)49-30(17-33(55)56)40(63)46-26(11-7-8-14-41)36(59)48-29(16-23-18-43-25-10-6-5-9-24(23)25)38(61)44-21(3)35(58)50-31(19-51)34(42)57/h5-6,9-10,18,20-21,26-31,43,51H,7-8,11-17,19,41H2,1-4H3,(H2,42,57)(H,44,61)(H,45,52)(H,46,63)(H,47,60)(H,48,59)(H,49,62)(H,50,58)(H,53,54)(H,55,56)/t21-,26-,27-,28-,29-,30-,31-/m0/s1. The number of primary amides is 1. The average Bonchev–Trinajstić information content (AvgIpc) is 3.61. The summed E-state index contributed by atoms with van der Waals surface area (Å²) < 4.78 is 0. The molecule has 2 rings (SSSR count). The Bertz CT molecular complexity index is 1950. The minimum atomic E-state index is -1.81. The lowest BCUT2D eigenvalue weighted by atomic mass is 10.0. The van der Waals surface area contributed by atoms with Crippen molar-refractivity contribution in [3.05, 3.63) is 36.0 Å². The normalized spacial score (nSPS) is 14.4. The van der Waals surface area contributed by atoms with Crippen LogP contribution in [0, 0.1) is 5.92 Å². The third-order valence-corrected chi connectivity index (χ3v) is 9.60. The Balaban J connectivity index is 2.43. The molecule has 0 unspecified atom stereocenters. The molecule has 8 amide bonds. The van der Waals surface area contributed by atoms with Gasteiger partial charge in [-0.25, -0.2) is 0 Å². The molecule has 1 heterocycles. The summed E-state index contributed by atoms with van der Waals surface area (Å²) in [6.45, 7) is 5.24. The van der Waals surface area contributed by atoms with E-state index >= 15 is 0 Å². The summed E-state index contributed by atoms with van der Waals surface area (Å²) in [5, 5.41) is 45.9. The quantitative estimate of drug-likeness (QED) is 0.0383. The molecule has 348 valence electrons. The van der Waals surface area contributed by atoms with Crippen molar-refractivity contribution in [2.24, 2.45) is 17.4 Å². The molecule has 23 nitrogen and oxygen atoms in total. The molecule has 1 aromatic carbocycles. The van der Waals surface area contributed by atoms with Gasteiger partial charge in [0, 0.05) is 36.9 Å². The summed E-state index contributed by atoms with van der Waals surface area (Å²) in [7, 11) is 0. The highest BCUT2D eigenvalue weighted by Crippen LogP contribution is 2.20. The number of carbonyl (C=O) groups is 10. The fourth-order valence-corrected chi connectivity index (χ4v) is 6.33. The van der Waals surface area contributed by atoms with E-state index in [1.807, 2.05) is 0 Å². The number of benzene rings is 1. The van der Waals surface area contributed by atoms with Crippen LogP contribution in [0.2, 0.25) is 0 Å². The van der Waals surface area contributed by atoms with Gasteiger partial charge in [0.15, 0.2) is 0 Å². The van der Waals surface area contributed by atoms with Crippen LogP contribution < -0.4 is 48.7 Å². The Morgan fingerprint density at radius 2 is 1.19 bits per heavy atom. The predicted octanol–water partition coefficient (Wildman–Crippen LogP) is -2.86. The number of carbonyl (C=O) groups excluding carboxylic acids is 8.